The van der Waals surface area contributed by atoms with Gasteiger partial charge in [-0.05, 0) is 39.5 Å². The second-order valence-corrected chi connectivity index (χ2v) is 3.94. The van der Waals surface area contributed by atoms with Gasteiger partial charge in [0.05, 0.1) is 0 Å². The Morgan fingerprint density at radius 2 is 2.00 bits per heavy atom. The van der Waals surface area contributed by atoms with Crippen LogP contribution in [0, 0.1) is 3.57 Å². The van der Waals surface area contributed by atoms with Gasteiger partial charge in [-0.2, -0.15) is 0 Å². The Kier molecular flexibility index (Phi) is 3.87. The number of nitrogens with zero attached hydrogens (tertiary/aromatic N) is 1. The van der Waals surface area contributed by atoms with Gasteiger partial charge in [0.1, 0.15) is 0 Å². The zero-order chi connectivity index (χ0) is 10.6. The first-order valence-electron chi connectivity index (χ1n) is 3.85. The van der Waals surface area contributed by atoms with Crippen molar-refractivity contribution in [3.63, 3.8) is 0 Å². The van der Waals surface area contributed by atoms with Crippen LogP contribution >= 0.6 is 22.6 Å². The van der Waals surface area contributed by atoms with E-state index in [1.54, 1.807) is 0 Å². The molecule has 0 aliphatic carbocycles. The van der Waals surface area contributed by atoms with Crippen molar-refractivity contribution in [2.45, 2.75) is 6.54 Å². The van der Waals surface area contributed by atoms with Crippen LogP contribution in [-0.4, -0.2) is 27.2 Å². The van der Waals surface area contributed by atoms with Crippen LogP contribution in [-0.2, 0) is 11.3 Å². The molecule has 4 nitrogen and oxygen atoms in total. The van der Waals surface area contributed by atoms with Crippen molar-refractivity contribution in [2.75, 3.05) is 0 Å². The lowest BCUT2D eigenvalue weighted by Gasteiger charge is -1.95. The maximum Gasteiger partial charge on any atom is 0.397 e. The molecule has 0 fully saturated rings. The highest BCUT2D eigenvalue weighted by Gasteiger charge is 2.06. The Morgan fingerprint density at radius 1 is 1.43 bits per heavy atom. The molecule has 0 heterocycles. The molecule has 0 saturated carbocycles. The summed E-state index contributed by atoms with van der Waals surface area (Å²) in [4.78, 5) is 10.2. The maximum atomic E-state index is 10.2. The number of rotatable bonds is 3. The van der Waals surface area contributed by atoms with Crippen LogP contribution < -0.4 is 0 Å². The summed E-state index contributed by atoms with van der Waals surface area (Å²) in [5, 5.41) is 17.5. The Labute approximate surface area is 94.6 Å². The van der Waals surface area contributed by atoms with Gasteiger partial charge in [-0.25, -0.2) is 4.79 Å². The van der Waals surface area contributed by atoms with Crippen LogP contribution in [0.1, 0.15) is 5.56 Å². The van der Waals surface area contributed by atoms with Crippen LogP contribution in [0.25, 0.3) is 0 Å². The summed E-state index contributed by atoms with van der Waals surface area (Å²) >= 11 is 2.17. The van der Waals surface area contributed by atoms with E-state index in [2.05, 4.69) is 22.6 Å². The average molecular weight is 306 g/mol. The molecular formula is C9H9INO3+. The minimum atomic E-state index is -1.17. The molecule has 0 atom stereocenters. The number of carboxylic acid groups (broad SMARTS) is 1. The summed E-state index contributed by atoms with van der Waals surface area (Å²) in [6.45, 7) is 0.170. The fourth-order valence-electron chi connectivity index (χ4n) is 0.950. The van der Waals surface area contributed by atoms with Gasteiger partial charge in [0.15, 0.2) is 0 Å². The lowest BCUT2D eigenvalue weighted by molar-refractivity contribution is -0.783. The fourth-order valence-corrected chi connectivity index (χ4v) is 1.31. The highest BCUT2D eigenvalue weighted by Crippen LogP contribution is 2.06. The summed E-state index contributed by atoms with van der Waals surface area (Å²) in [5.74, 6) is -1.17. The third kappa shape index (κ3) is 3.73. The van der Waals surface area contributed by atoms with Crippen molar-refractivity contribution < 1.29 is 19.8 Å². The molecule has 1 rings (SSSR count). The second-order valence-electron chi connectivity index (χ2n) is 2.69. The zero-order valence-electron chi connectivity index (χ0n) is 7.22. The van der Waals surface area contributed by atoms with Crippen LogP contribution in [0.2, 0.25) is 0 Å². The zero-order valence-corrected chi connectivity index (χ0v) is 9.38. The number of carbonyl (C=O) groups is 1. The number of hydroxylamine groups is 1. The van der Waals surface area contributed by atoms with Gasteiger partial charge in [-0.15, -0.1) is 0 Å². The summed E-state index contributed by atoms with van der Waals surface area (Å²) < 4.78 is 1.74. The van der Waals surface area contributed by atoms with E-state index in [4.69, 9.17) is 10.3 Å². The van der Waals surface area contributed by atoms with Crippen molar-refractivity contribution in [3.05, 3.63) is 33.4 Å². The highest BCUT2D eigenvalue weighted by molar-refractivity contribution is 14.1. The number of hydrogen-bond acceptors (Lipinski definition) is 2. The lowest BCUT2D eigenvalue weighted by Crippen LogP contribution is -2.13. The number of aliphatic carboxylic acids is 1. The molecule has 5 heteroatoms. The first-order chi connectivity index (χ1) is 6.58. The second kappa shape index (κ2) is 4.94. The molecule has 0 aliphatic heterocycles. The SMILES string of the molecule is O=C(O)C=[N+](O)Cc1ccc(I)cc1. The number of carboxylic acids is 1. The molecular weight excluding hydrogens is 297 g/mol. The predicted octanol–water partition coefficient (Wildman–Crippen LogP) is 1.35. The minimum absolute atomic E-state index is 0.170. The molecule has 0 amide bonds. The van der Waals surface area contributed by atoms with Gasteiger partial charge in [0.2, 0.25) is 6.54 Å². The topological polar surface area (TPSA) is 60.5 Å². The molecule has 2 N–H and O–H groups in total. The van der Waals surface area contributed by atoms with E-state index < -0.39 is 5.97 Å². The van der Waals surface area contributed by atoms with Gasteiger partial charge in [-0.1, -0.05) is 12.1 Å². The molecule has 0 radical (unpaired) electrons. The normalized spacial score (nSPS) is 11.4. The average Bonchev–Trinajstić information content (AvgIpc) is 2.07. The third-order valence-electron chi connectivity index (χ3n) is 1.52. The van der Waals surface area contributed by atoms with Crippen molar-refractivity contribution in [1.82, 2.24) is 0 Å². The van der Waals surface area contributed by atoms with E-state index >= 15 is 0 Å². The lowest BCUT2D eigenvalue weighted by atomic mass is 10.2. The van der Waals surface area contributed by atoms with Crippen molar-refractivity contribution >= 4 is 34.8 Å². The van der Waals surface area contributed by atoms with Gasteiger partial charge in [0, 0.05) is 9.13 Å². The Balaban J connectivity index is 2.69. The summed E-state index contributed by atoms with van der Waals surface area (Å²) in [7, 11) is 0. The van der Waals surface area contributed by atoms with Crippen molar-refractivity contribution in [3.8, 4) is 0 Å². The van der Waals surface area contributed by atoms with Crippen molar-refractivity contribution in [2.24, 2.45) is 0 Å². The molecule has 0 aromatic heterocycles. The van der Waals surface area contributed by atoms with E-state index in [0.717, 1.165) is 15.3 Å². The van der Waals surface area contributed by atoms with E-state index in [9.17, 15) is 4.79 Å². The van der Waals surface area contributed by atoms with Crippen LogP contribution in [0.5, 0.6) is 0 Å². The van der Waals surface area contributed by atoms with E-state index in [1.165, 1.54) is 0 Å². The minimum Gasteiger partial charge on any atom is -0.474 e. The quantitative estimate of drug-likeness (QED) is 0.291. The predicted molar refractivity (Wildman–Crippen MR) is 58.6 cm³/mol. The Morgan fingerprint density at radius 3 is 2.50 bits per heavy atom. The van der Waals surface area contributed by atoms with Crippen molar-refractivity contribution in [1.29, 1.82) is 0 Å². The standard InChI is InChI=1S/C9H8INO3/c10-8-3-1-7(2-4-8)5-11(14)6-9(12)13/h1-4,6H,5H2,(H-,12,13,14)/p+1. The molecule has 1 aromatic carbocycles. The first-order valence-corrected chi connectivity index (χ1v) is 4.93. The number of benzene rings is 1. The van der Waals surface area contributed by atoms with Crippen LogP contribution in [0.4, 0.5) is 0 Å². The van der Waals surface area contributed by atoms with Gasteiger partial charge < -0.3 is 5.11 Å². The monoisotopic (exact) mass is 306 g/mol. The smallest absolute Gasteiger partial charge is 0.397 e. The molecule has 0 unspecified atom stereocenters. The molecule has 0 bridgehead atoms. The first kappa shape index (κ1) is 11.0. The van der Waals surface area contributed by atoms with Crippen LogP contribution in [0.3, 0.4) is 0 Å². The Bertz CT molecular complexity index is 359. The van der Waals surface area contributed by atoms with Gasteiger partial charge in [0.25, 0.3) is 6.21 Å². The third-order valence-corrected chi connectivity index (χ3v) is 2.24. The molecule has 0 spiro atoms. The molecule has 0 aliphatic rings. The van der Waals surface area contributed by atoms with E-state index in [-0.39, 0.29) is 6.54 Å². The fraction of sp³-hybridized carbons (Fsp3) is 0.111. The molecule has 14 heavy (non-hydrogen) atoms. The Hall–Kier alpha value is -1.11. The van der Waals surface area contributed by atoms with Crippen LogP contribution in [0.15, 0.2) is 24.3 Å². The van der Waals surface area contributed by atoms with Gasteiger partial charge >= 0.3 is 5.97 Å². The summed E-state index contributed by atoms with van der Waals surface area (Å²) in [6.07, 6.45) is 0.720. The number of hydrogen-bond donors (Lipinski definition) is 2. The van der Waals surface area contributed by atoms with E-state index in [0.29, 0.717) is 4.74 Å². The van der Waals surface area contributed by atoms with Gasteiger partial charge in [-0.3, -0.25) is 5.21 Å². The largest absolute Gasteiger partial charge is 0.474 e. The van der Waals surface area contributed by atoms with E-state index in [1.807, 2.05) is 24.3 Å². The summed E-state index contributed by atoms with van der Waals surface area (Å²) in [5.41, 5.74) is 0.852. The maximum absolute atomic E-state index is 10.2. The molecule has 74 valence electrons. The highest BCUT2D eigenvalue weighted by atomic mass is 127. The molecule has 0 saturated heterocycles. The summed E-state index contributed by atoms with van der Waals surface area (Å²) in [6, 6.07) is 7.45. The molecule has 1 aromatic rings. The number of halogens is 1.